The minimum absolute atomic E-state index is 0.215. The number of carbonyl (C=O) groups is 2. The van der Waals surface area contributed by atoms with Crippen molar-refractivity contribution in [3.63, 3.8) is 0 Å². The van der Waals surface area contributed by atoms with E-state index in [9.17, 15) is 9.59 Å². The van der Waals surface area contributed by atoms with Gasteiger partial charge >= 0.3 is 5.97 Å². The molecular weight excluding hydrogens is 402 g/mol. The van der Waals surface area contributed by atoms with Crippen molar-refractivity contribution in [1.82, 2.24) is 9.38 Å². The van der Waals surface area contributed by atoms with E-state index in [-0.39, 0.29) is 5.91 Å². The summed E-state index contributed by atoms with van der Waals surface area (Å²) in [6, 6.07) is 20.9. The van der Waals surface area contributed by atoms with Crippen LogP contribution >= 0.6 is 11.6 Å². The molecule has 0 fully saturated rings. The Morgan fingerprint density at radius 1 is 0.967 bits per heavy atom. The van der Waals surface area contributed by atoms with Crippen LogP contribution in [0.4, 0.5) is 5.69 Å². The van der Waals surface area contributed by atoms with Crippen molar-refractivity contribution in [2.75, 3.05) is 5.32 Å². The maximum absolute atomic E-state index is 12.2. The van der Waals surface area contributed by atoms with E-state index >= 15 is 0 Å². The van der Waals surface area contributed by atoms with Gasteiger partial charge in [-0.15, -0.1) is 0 Å². The number of hydrogen-bond acceptors (Lipinski definition) is 4. The molecule has 2 heterocycles. The molecule has 4 rings (SSSR count). The SMILES string of the molecule is O=C(/C=C/c1c(Cl)nc2ccccn12)Oc1ccc(NC(=O)c2ccccc2)cc1. The fraction of sp³-hybridized carbons (Fsp3) is 0. The van der Waals surface area contributed by atoms with Crippen LogP contribution in [0.25, 0.3) is 11.7 Å². The fourth-order valence-corrected chi connectivity index (χ4v) is 3.07. The Balaban J connectivity index is 1.39. The van der Waals surface area contributed by atoms with Gasteiger partial charge in [-0.3, -0.25) is 9.20 Å². The van der Waals surface area contributed by atoms with E-state index in [0.717, 1.165) is 0 Å². The van der Waals surface area contributed by atoms with Crippen LogP contribution in [0.5, 0.6) is 5.75 Å². The van der Waals surface area contributed by atoms with E-state index in [2.05, 4.69) is 10.3 Å². The van der Waals surface area contributed by atoms with Crippen molar-refractivity contribution in [3.05, 3.63) is 101 Å². The fourth-order valence-electron chi connectivity index (χ4n) is 2.83. The summed E-state index contributed by atoms with van der Waals surface area (Å²) in [7, 11) is 0. The van der Waals surface area contributed by atoms with E-state index in [1.54, 1.807) is 59.0 Å². The van der Waals surface area contributed by atoms with Gasteiger partial charge in [-0.25, -0.2) is 9.78 Å². The van der Waals surface area contributed by atoms with Gasteiger partial charge in [-0.05, 0) is 54.6 Å². The van der Waals surface area contributed by atoms with E-state index < -0.39 is 5.97 Å². The smallest absolute Gasteiger partial charge is 0.336 e. The maximum Gasteiger partial charge on any atom is 0.336 e. The number of imidazole rings is 1. The van der Waals surface area contributed by atoms with Gasteiger partial charge in [-0.1, -0.05) is 35.9 Å². The molecule has 6 nitrogen and oxygen atoms in total. The van der Waals surface area contributed by atoms with Gasteiger partial charge in [0.15, 0.2) is 5.15 Å². The number of ether oxygens (including phenoxy) is 1. The molecule has 0 aliphatic rings. The van der Waals surface area contributed by atoms with Crippen LogP contribution in [0.1, 0.15) is 16.1 Å². The number of fused-ring (bicyclic) bond motifs is 1. The number of carbonyl (C=O) groups excluding carboxylic acids is 2. The molecule has 0 saturated heterocycles. The number of pyridine rings is 1. The predicted octanol–water partition coefficient (Wildman–Crippen LogP) is 4.86. The van der Waals surface area contributed by atoms with E-state index in [0.29, 0.717) is 33.5 Å². The number of esters is 1. The third kappa shape index (κ3) is 4.39. The average molecular weight is 418 g/mol. The first kappa shape index (κ1) is 19.4. The monoisotopic (exact) mass is 417 g/mol. The van der Waals surface area contributed by atoms with Crippen molar-refractivity contribution < 1.29 is 14.3 Å². The maximum atomic E-state index is 12.2. The zero-order chi connectivity index (χ0) is 20.9. The van der Waals surface area contributed by atoms with Gasteiger partial charge in [0.1, 0.15) is 11.4 Å². The first-order chi connectivity index (χ1) is 14.6. The average Bonchev–Trinajstić information content (AvgIpc) is 3.09. The second-order valence-corrected chi connectivity index (χ2v) is 6.67. The quantitative estimate of drug-likeness (QED) is 0.286. The number of halogens is 1. The van der Waals surface area contributed by atoms with Crippen LogP contribution < -0.4 is 10.1 Å². The normalized spacial score (nSPS) is 11.0. The van der Waals surface area contributed by atoms with Gasteiger partial charge in [0.2, 0.25) is 0 Å². The molecule has 0 aliphatic carbocycles. The number of amides is 1. The topological polar surface area (TPSA) is 72.7 Å². The summed E-state index contributed by atoms with van der Waals surface area (Å²) >= 11 is 6.14. The number of nitrogens with zero attached hydrogens (tertiary/aromatic N) is 2. The molecule has 7 heteroatoms. The molecule has 0 atom stereocenters. The second kappa shape index (κ2) is 8.63. The summed E-state index contributed by atoms with van der Waals surface area (Å²) in [5, 5.41) is 3.08. The molecule has 2 aromatic heterocycles. The Labute approximate surface area is 177 Å². The van der Waals surface area contributed by atoms with Crippen LogP contribution in [0, 0.1) is 0 Å². The lowest BCUT2D eigenvalue weighted by molar-refractivity contribution is -0.128. The van der Waals surface area contributed by atoms with Crippen LogP contribution in [0.3, 0.4) is 0 Å². The zero-order valence-electron chi connectivity index (χ0n) is 15.7. The molecular formula is C23H16ClN3O3. The highest BCUT2D eigenvalue weighted by atomic mass is 35.5. The lowest BCUT2D eigenvalue weighted by Gasteiger charge is -2.06. The molecule has 2 aromatic carbocycles. The van der Waals surface area contributed by atoms with Gasteiger partial charge in [0, 0.05) is 23.5 Å². The highest BCUT2D eigenvalue weighted by molar-refractivity contribution is 6.31. The lowest BCUT2D eigenvalue weighted by atomic mass is 10.2. The molecule has 0 spiro atoms. The Morgan fingerprint density at radius 2 is 1.70 bits per heavy atom. The van der Waals surface area contributed by atoms with Crippen molar-refractivity contribution in [2.45, 2.75) is 0 Å². The van der Waals surface area contributed by atoms with Crippen LogP contribution in [-0.4, -0.2) is 21.3 Å². The summed E-state index contributed by atoms with van der Waals surface area (Å²) in [5.74, 6) is -0.419. The summed E-state index contributed by atoms with van der Waals surface area (Å²) in [6.45, 7) is 0. The van der Waals surface area contributed by atoms with Gasteiger partial charge in [-0.2, -0.15) is 0 Å². The number of anilines is 1. The van der Waals surface area contributed by atoms with Crippen LogP contribution in [0.15, 0.2) is 85.1 Å². The minimum atomic E-state index is -0.557. The molecule has 0 bridgehead atoms. The molecule has 0 aliphatic heterocycles. The van der Waals surface area contributed by atoms with Gasteiger partial charge < -0.3 is 10.1 Å². The van der Waals surface area contributed by atoms with E-state index in [4.69, 9.17) is 16.3 Å². The summed E-state index contributed by atoms with van der Waals surface area (Å²) in [5.41, 5.74) is 2.42. The van der Waals surface area contributed by atoms with Gasteiger partial charge in [0.05, 0.1) is 5.69 Å². The van der Waals surface area contributed by atoms with E-state index in [1.807, 2.05) is 30.5 Å². The number of aromatic nitrogens is 2. The third-order valence-corrected chi connectivity index (χ3v) is 4.54. The molecule has 4 aromatic rings. The van der Waals surface area contributed by atoms with Crippen molar-refractivity contribution in [2.24, 2.45) is 0 Å². The Morgan fingerprint density at radius 3 is 2.47 bits per heavy atom. The Hall–Kier alpha value is -3.90. The first-order valence-corrected chi connectivity index (χ1v) is 9.47. The minimum Gasteiger partial charge on any atom is -0.423 e. The highest BCUT2D eigenvalue weighted by Gasteiger charge is 2.09. The zero-order valence-corrected chi connectivity index (χ0v) is 16.4. The summed E-state index contributed by atoms with van der Waals surface area (Å²) in [6.07, 6.45) is 4.65. The molecule has 0 unspecified atom stereocenters. The summed E-state index contributed by atoms with van der Waals surface area (Å²) in [4.78, 5) is 28.5. The van der Waals surface area contributed by atoms with Crippen molar-refractivity contribution >= 4 is 40.9 Å². The molecule has 1 N–H and O–H groups in total. The highest BCUT2D eigenvalue weighted by Crippen LogP contribution is 2.20. The Bertz CT molecular complexity index is 1230. The number of nitrogens with one attached hydrogen (secondary N) is 1. The Kier molecular flexibility index (Phi) is 5.59. The number of rotatable bonds is 5. The van der Waals surface area contributed by atoms with Crippen LogP contribution in [0.2, 0.25) is 5.15 Å². The molecule has 1 amide bonds. The predicted molar refractivity (Wildman–Crippen MR) is 116 cm³/mol. The molecule has 148 valence electrons. The van der Waals surface area contributed by atoms with Crippen molar-refractivity contribution in [3.8, 4) is 5.75 Å². The van der Waals surface area contributed by atoms with Crippen molar-refractivity contribution in [1.29, 1.82) is 0 Å². The summed E-state index contributed by atoms with van der Waals surface area (Å²) < 4.78 is 7.07. The molecule has 30 heavy (non-hydrogen) atoms. The number of hydrogen-bond donors (Lipinski definition) is 1. The molecule has 0 saturated carbocycles. The number of benzene rings is 2. The van der Waals surface area contributed by atoms with Gasteiger partial charge in [0.25, 0.3) is 5.91 Å². The molecule has 0 radical (unpaired) electrons. The van der Waals surface area contributed by atoms with Crippen LogP contribution in [-0.2, 0) is 4.79 Å². The second-order valence-electron chi connectivity index (χ2n) is 6.32. The standard InChI is InChI=1S/C23H16ClN3O3/c24-22-19(27-15-5-4-8-20(27)26-22)13-14-21(28)30-18-11-9-17(10-12-18)25-23(29)16-6-2-1-3-7-16/h1-15H,(H,25,29)/b14-13+. The van der Waals surface area contributed by atoms with E-state index in [1.165, 1.54) is 6.08 Å². The first-order valence-electron chi connectivity index (χ1n) is 9.09. The third-order valence-electron chi connectivity index (χ3n) is 4.27. The largest absolute Gasteiger partial charge is 0.423 e. The lowest BCUT2D eigenvalue weighted by Crippen LogP contribution is -2.11.